The molecule has 1 amide bonds. The zero-order valence-electron chi connectivity index (χ0n) is 15.0. The van der Waals surface area contributed by atoms with Crippen LogP contribution in [0.4, 0.5) is 5.69 Å². The third-order valence-corrected chi connectivity index (χ3v) is 4.53. The Morgan fingerprint density at radius 2 is 1.85 bits per heavy atom. The average molecular weight is 412 g/mol. The van der Waals surface area contributed by atoms with Gasteiger partial charge in [-0.1, -0.05) is 35.3 Å². The van der Waals surface area contributed by atoms with Crippen molar-refractivity contribution in [3.63, 3.8) is 0 Å². The number of nitrogens with one attached hydrogen (secondary N) is 1. The van der Waals surface area contributed by atoms with Crippen LogP contribution in [0.5, 0.6) is 11.5 Å². The Kier molecular flexibility index (Phi) is 7.33. The zero-order valence-corrected chi connectivity index (χ0v) is 16.6. The highest BCUT2D eigenvalue weighted by Crippen LogP contribution is 2.29. The second-order valence-corrected chi connectivity index (χ2v) is 6.36. The lowest BCUT2D eigenvalue weighted by atomic mass is 10.1. The Hall–Kier alpha value is -2.44. The molecule has 8 heteroatoms. The number of amides is 1. The monoisotopic (exact) mass is 411 g/mol. The molecule has 1 N–H and O–H groups in total. The van der Waals surface area contributed by atoms with Gasteiger partial charge >= 0.3 is 5.97 Å². The summed E-state index contributed by atoms with van der Waals surface area (Å²) in [6.45, 7) is 1.47. The van der Waals surface area contributed by atoms with Crippen LogP contribution in [-0.2, 0) is 20.7 Å². The predicted molar refractivity (Wildman–Crippen MR) is 104 cm³/mol. The number of carbonyl (C=O) groups is 2. The summed E-state index contributed by atoms with van der Waals surface area (Å²) in [5.41, 5.74) is 0.961. The van der Waals surface area contributed by atoms with E-state index in [1.54, 1.807) is 36.4 Å². The molecule has 0 aromatic heterocycles. The number of methoxy groups -OCH3 is 2. The molecule has 2 rings (SSSR count). The van der Waals surface area contributed by atoms with Crippen molar-refractivity contribution in [1.29, 1.82) is 0 Å². The number of hydrogen-bond donors (Lipinski definition) is 1. The average Bonchev–Trinajstić information content (AvgIpc) is 2.65. The minimum atomic E-state index is -1.02. The molecule has 0 aliphatic heterocycles. The second-order valence-electron chi connectivity index (χ2n) is 5.58. The second kappa shape index (κ2) is 9.48. The smallest absolute Gasteiger partial charge is 0.311 e. The van der Waals surface area contributed by atoms with Crippen LogP contribution in [0.15, 0.2) is 36.4 Å². The lowest BCUT2D eigenvalue weighted by molar-refractivity contribution is -0.152. The van der Waals surface area contributed by atoms with Gasteiger partial charge in [-0.3, -0.25) is 9.59 Å². The van der Waals surface area contributed by atoms with E-state index in [-0.39, 0.29) is 11.4 Å². The maximum Gasteiger partial charge on any atom is 0.311 e. The molecule has 0 saturated heterocycles. The molecule has 144 valence electrons. The minimum Gasteiger partial charge on any atom is -0.497 e. The van der Waals surface area contributed by atoms with Gasteiger partial charge in [0.2, 0.25) is 0 Å². The van der Waals surface area contributed by atoms with E-state index in [1.807, 2.05) is 0 Å². The molecule has 1 unspecified atom stereocenters. The van der Waals surface area contributed by atoms with Crippen molar-refractivity contribution >= 4 is 40.8 Å². The maximum atomic E-state index is 12.2. The summed E-state index contributed by atoms with van der Waals surface area (Å²) >= 11 is 11.9. The van der Waals surface area contributed by atoms with Crippen LogP contribution in [0.25, 0.3) is 0 Å². The van der Waals surface area contributed by atoms with Gasteiger partial charge in [0.15, 0.2) is 6.10 Å². The number of anilines is 1. The topological polar surface area (TPSA) is 73.9 Å². The van der Waals surface area contributed by atoms with Gasteiger partial charge in [-0.2, -0.15) is 0 Å². The van der Waals surface area contributed by atoms with Crippen LogP contribution in [0.3, 0.4) is 0 Å². The van der Waals surface area contributed by atoms with Crippen molar-refractivity contribution < 1.29 is 23.8 Å². The molecule has 1 atom stereocenters. The van der Waals surface area contributed by atoms with Gasteiger partial charge < -0.3 is 19.5 Å². The van der Waals surface area contributed by atoms with E-state index in [0.29, 0.717) is 27.8 Å². The highest BCUT2D eigenvalue weighted by Gasteiger charge is 2.20. The number of carbonyl (C=O) groups excluding carboxylic acids is 2. The SMILES string of the molecule is COc1ccc(CC(=O)OC(C)C(=O)Nc2cccc(Cl)c2Cl)c(OC)c1. The van der Waals surface area contributed by atoms with Gasteiger partial charge in [-0.05, 0) is 25.1 Å². The molecular formula is C19H19Cl2NO5. The number of halogens is 2. The van der Waals surface area contributed by atoms with Gasteiger partial charge in [0.1, 0.15) is 11.5 Å². The van der Waals surface area contributed by atoms with Gasteiger partial charge in [0, 0.05) is 11.6 Å². The lowest BCUT2D eigenvalue weighted by Crippen LogP contribution is -2.30. The molecule has 6 nitrogen and oxygen atoms in total. The molecule has 0 heterocycles. The van der Waals surface area contributed by atoms with E-state index in [1.165, 1.54) is 21.1 Å². The molecular weight excluding hydrogens is 393 g/mol. The molecule has 0 radical (unpaired) electrons. The quantitative estimate of drug-likeness (QED) is 0.693. The first-order chi connectivity index (χ1) is 12.8. The third-order valence-electron chi connectivity index (χ3n) is 3.72. The largest absolute Gasteiger partial charge is 0.497 e. The van der Waals surface area contributed by atoms with Gasteiger partial charge in [-0.25, -0.2) is 0 Å². The summed E-state index contributed by atoms with van der Waals surface area (Å²) in [6, 6.07) is 9.93. The summed E-state index contributed by atoms with van der Waals surface area (Å²) in [7, 11) is 3.03. The van der Waals surface area contributed by atoms with Crippen LogP contribution >= 0.6 is 23.2 Å². The molecule has 0 spiro atoms. The fourth-order valence-electron chi connectivity index (χ4n) is 2.28. The Bertz CT molecular complexity index is 841. The molecule has 0 bridgehead atoms. The lowest BCUT2D eigenvalue weighted by Gasteiger charge is -2.15. The number of rotatable bonds is 7. The Morgan fingerprint density at radius 1 is 1.11 bits per heavy atom. The molecule has 0 saturated carbocycles. The van der Waals surface area contributed by atoms with Crippen molar-refractivity contribution in [3.05, 3.63) is 52.0 Å². The number of hydrogen-bond acceptors (Lipinski definition) is 5. The number of esters is 1. The molecule has 2 aromatic carbocycles. The van der Waals surface area contributed by atoms with Crippen molar-refractivity contribution in [2.75, 3.05) is 19.5 Å². The number of ether oxygens (including phenoxy) is 3. The Balaban J connectivity index is 1.99. The first-order valence-electron chi connectivity index (χ1n) is 8.01. The summed E-state index contributed by atoms with van der Waals surface area (Å²) < 4.78 is 15.6. The molecule has 2 aromatic rings. The van der Waals surface area contributed by atoms with E-state index >= 15 is 0 Å². The highest BCUT2D eigenvalue weighted by molar-refractivity contribution is 6.44. The Morgan fingerprint density at radius 3 is 2.52 bits per heavy atom. The normalized spacial score (nSPS) is 11.4. The van der Waals surface area contributed by atoms with E-state index in [4.69, 9.17) is 37.4 Å². The third kappa shape index (κ3) is 5.52. The summed E-state index contributed by atoms with van der Waals surface area (Å²) in [5, 5.41) is 3.11. The fourth-order valence-corrected chi connectivity index (χ4v) is 2.63. The van der Waals surface area contributed by atoms with Gasteiger partial charge in [-0.15, -0.1) is 0 Å². The van der Waals surface area contributed by atoms with Crippen LogP contribution < -0.4 is 14.8 Å². The van der Waals surface area contributed by atoms with Crippen LogP contribution in [-0.4, -0.2) is 32.2 Å². The minimum absolute atomic E-state index is 0.0529. The van der Waals surface area contributed by atoms with E-state index < -0.39 is 18.0 Å². The van der Waals surface area contributed by atoms with Gasteiger partial charge in [0.05, 0.1) is 36.4 Å². The van der Waals surface area contributed by atoms with Crippen LogP contribution in [0.1, 0.15) is 12.5 Å². The standard InChI is InChI=1S/C19H19Cl2NO5/c1-11(19(24)22-15-6-4-5-14(20)18(15)21)27-17(23)9-12-7-8-13(25-2)10-16(12)26-3/h4-8,10-11H,9H2,1-3H3,(H,22,24). The number of benzene rings is 2. The van der Waals surface area contributed by atoms with Crippen molar-refractivity contribution in [2.45, 2.75) is 19.4 Å². The zero-order chi connectivity index (χ0) is 20.0. The van der Waals surface area contributed by atoms with E-state index in [0.717, 1.165) is 0 Å². The first-order valence-corrected chi connectivity index (χ1v) is 8.76. The summed E-state index contributed by atoms with van der Waals surface area (Å²) in [4.78, 5) is 24.4. The molecule has 0 aliphatic rings. The van der Waals surface area contributed by atoms with Crippen molar-refractivity contribution in [2.24, 2.45) is 0 Å². The summed E-state index contributed by atoms with van der Waals surface area (Å²) in [6.07, 6.45) is -1.07. The fraction of sp³-hybridized carbons (Fsp3) is 0.263. The maximum absolute atomic E-state index is 12.2. The first kappa shape index (κ1) is 20.9. The van der Waals surface area contributed by atoms with Gasteiger partial charge in [0.25, 0.3) is 5.91 Å². The summed E-state index contributed by atoms with van der Waals surface area (Å²) in [5.74, 6) is 0.0109. The highest BCUT2D eigenvalue weighted by atomic mass is 35.5. The van der Waals surface area contributed by atoms with Crippen molar-refractivity contribution in [1.82, 2.24) is 0 Å². The van der Waals surface area contributed by atoms with Crippen LogP contribution in [0.2, 0.25) is 10.0 Å². The molecule has 27 heavy (non-hydrogen) atoms. The Labute approximate surface area is 167 Å². The van der Waals surface area contributed by atoms with E-state index in [9.17, 15) is 9.59 Å². The predicted octanol–water partition coefficient (Wildman–Crippen LogP) is 4.12. The molecule has 0 aliphatic carbocycles. The van der Waals surface area contributed by atoms with Crippen LogP contribution in [0, 0.1) is 0 Å². The van der Waals surface area contributed by atoms with Crippen molar-refractivity contribution in [3.8, 4) is 11.5 Å². The van der Waals surface area contributed by atoms with E-state index in [2.05, 4.69) is 5.32 Å². The molecule has 0 fully saturated rings.